The minimum Gasteiger partial charge on any atom is -0.506 e. The van der Waals surface area contributed by atoms with Crippen molar-refractivity contribution in [2.45, 2.75) is 5.41 Å². The highest BCUT2D eigenvalue weighted by molar-refractivity contribution is 6.08. The van der Waals surface area contributed by atoms with Crippen molar-refractivity contribution in [1.82, 2.24) is 0 Å². The zero-order valence-electron chi connectivity index (χ0n) is 39.3. The van der Waals surface area contributed by atoms with Gasteiger partial charge in [0.25, 0.3) is 11.8 Å². The second-order valence-corrected chi connectivity index (χ2v) is 17.6. The van der Waals surface area contributed by atoms with Gasteiger partial charge in [0.2, 0.25) is 0 Å². The highest BCUT2D eigenvalue weighted by atomic mass is 16.3. The molecule has 0 radical (unpaired) electrons. The number of hydrogen-bond donors (Lipinski definition) is 4. The minimum atomic E-state index is -0.784. The van der Waals surface area contributed by atoms with E-state index in [-0.39, 0.29) is 22.6 Å². The number of carbonyl (C=O) groups excluding carboxylic acids is 2. The van der Waals surface area contributed by atoms with Gasteiger partial charge in [0.1, 0.15) is 11.5 Å². The van der Waals surface area contributed by atoms with E-state index >= 15 is 0 Å². The predicted octanol–water partition coefficient (Wildman–Crippen LogP) is 14.1. The molecule has 0 unspecified atom stereocenters. The fourth-order valence-corrected chi connectivity index (χ4v) is 9.86. The van der Waals surface area contributed by atoms with Crippen LogP contribution in [-0.4, -0.2) is 22.0 Å². The summed E-state index contributed by atoms with van der Waals surface area (Å²) in [5.74, 6) is 11.3. The molecule has 10 aromatic carbocycles. The topological polar surface area (TPSA) is 98.7 Å². The number of phenolic OH excluding ortho intramolecular Hbond substituents is 2. The number of carbonyl (C=O) groups is 2. The number of aromatic hydroxyl groups is 2. The molecule has 11 rings (SSSR count). The Balaban J connectivity index is 0.915. The zero-order valence-corrected chi connectivity index (χ0v) is 39.3. The number of hydrogen-bond acceptors (Lipinski definition) is 4. The Morgan fingerprint density at radius 3 is 1.07 bits per heavy atom. The monoisotopic (exact) mass is 940 g/mol. The van der Waals surface area contributed by atoms with Crippen LogP contribution in [0.2, 0.25) is 0 Å². The summed E-state index contributed by atoms with van der Waals surface area (Å²) in [6.45, 7) is 0. The molecule has 0 fully saturated rings. The molecule has 346 valence electrons. The van der Waals surface area contributed by atoms with Crippen molar-refractivity contribution in [3.05, 3.63) is 298 Å². The Morgan fingerprint density at radius 2 is 0.685 bits per heavy atom. The fourth-order valence-electron chi connectivity index (χ4n) is 9.86. The summed E-state index contributed by atoms with van der Waals surface area (Å²) in [5, 5.41) is 29.5. The van der Waals surface area contributed by atoms with Crippen LogP contribution in [0.4, 0.5) is 11.4 Å². The van der Waals surface area contributed by atoms with Gasteiger partial charge in [-0.2, -0.15) is 0 Å². The molecular weight excluding hydrogens is 897 g/mol. The van der Waals surface area contributed by atoms with E-state index in [2.05, 4.69) is 58.6 Å². The average Bonchev–Trinajstić information content (AvgIpc) is 3.74. The molecule has 4 N–H and O–H groups in total. The minimum absolute atomic E-state index is 0.0972. The first-order valence-corrected chi connectivity index (χ1v) is 23.9. The third kappa shape index (κ3) is 8.67. The molecule has 6 nitrogen and oxygen atoms in total. The maximum atomic E-state index is 14.1. The molecule has 6 heteroatoms. The summed E-state index contributed by atoms with van der Waals surface area (Å²) < 4.78 is 0. The lowest BCUT2D eigenvalue weighted by molar-refractivity contribution is 0.101. The molecule has 0 heterocycles. The maximum Gasteiger partial charge on any atom is 0.259 e. The van der Waals surface area contributed by atoms with Crippen molar-refractivity contribution in [2.24, 2.45) is 0 Å². The van der Waals surface area contributed by atoms with Crippen molar-refractivity contribution < 1.29 is 19.8 Å². The normalized spacial score (nSPS) is 11.7. The van der Waals surface area contributed by atoms with Gasteiger partial charge in [-0.1, -0.05) is 206 Å². The number of phenols is 2. The van der Waals surface area contributed by atoms with Gasteiger partial charge in [0, 0.05) is 33.6 Å². The van der Waals surface area contributed by atoms with Crippen LogP contribution < -0.4 is 10.6 Å². The van der Waals surface area contributed by atoms with Crippen molar-refractivity contribution in [3.63, 3.8) is 0 Å². The zero-order chi connectivity index (χ0) is 49.7. The van der Waals surface area contributed by atoms with Crippen LogP contribution in [0.1, 0.15) is 65.2 Å². The van der Waals surface area contributed by atoms with Crippen LogP contribution in [0.3, 0.4) is 0 Å². The number of anilines is 2. The summed E-state index contributed by atoms with van der Waals surface area (Å²) in [6, 6.07) is 77.7. The quantitative estimate of drug-likeness (QED) is 0.114. The van der Waals surface area contributed by atoms with Crippen molar-refractivity contribution in [2.75, 3.05) is 10.6 Å². The summed E-state index contributed by atoms with van der Waals surface area (Å²) in [7, 11) is 0. The first-order chi connectivity index (χ1) is 35.9. The van der Waals surface area contributed by atoms with Gasteiger partial charge in [-0.25, -0.2) is 0 Å². The maximum absolute atomic E-state index is 14.1. The average molecular weight is 941 g/mol. The van der Waals surface area contributed by atoms with E-state index in [4.69, 9.17) is 0 Å². The summed E-state index contributed by atoms with van der Waals surface area (Å²) in [5.41, 5.74) is 12.2. The molecular formula is C67H44N2O4. The van der Waals surface area contributed by atoms with E-state index in [1.165, 1.54) is 0 Å². The lowest BCUT2D eigenvalue weighted by atomic mass is 9.67. The van der Waals surface area contributed by atoms with Gasteiger partial charge < -0.3 is 20.8 Å². The second-order valence-electron chi connectivity index (χ2n) is 17.6. The van der Waals surface area contributed by atoms with Crippen LogP contribution >= 0.6 is 0 Å². The lowest BCUT2D eigenvalue weighted by Gasteiger charge is -2.34. The lowest BCUT2D eigenvalue weighted by Crippen LogP contribution is -2.28. The van der Waals surface area contributed by atoms with Crippen LogP contribution in [-0.2, 0) is 5.41 Å². The summed E-state index contributed by atoms with van der Waals surface area (Å²) >= 11 is 0. The van der Waals surface area contributed by atoms with Crippen molar-refractivity contribution in [3.8, 4) is 68.6 Å². The highest BCUT2D eigenvalue weighted by Crippen LogP contribution is 2.56. The highest BCUT2D eigenvalue weighted by Gasteiger charge is 2.46. The predicted molar refractivity (Wildman–Crippen MR) is 292 cm³/mol. The Hall–Kier alpha value is -10.1. The number of amides is 2. The third-order valence-electron chi connectivity index (χ3n) is 13.3. The van der Waals surface area contributed by atoms with Crippen molar-refractivity contribution in [1.29, 1.82) is 0 Å². The first-order valence-electron chi connectivity index (χ1n) is 23.9. The number of rotatable bonds is 8. The number of fused-ring (bicyclic) bond motifs is 3. The SMILES string of the molecule is O=C(Nc1ccc(C2(c3ccc(NC(=O)c4ccc(-c5ccccc5)c(C#Cc5ccccc5)c4O)cc3)c3ccccc3-c3ccccc32)cc1)c1ccc(-c2ccccc2)c(C#Cc2ccccc2)c1O. The van der Waals surface area contributed by atoms with E-state index in [1.807, 2.05) is 206 Å². The van der Waals surface area contributed by atoms with Crippen LogP contribution in [0.5, 0.6) is 11.5 Å². The van der Waals surface area contributed by atoms with E-state index in [0.717, 1.165) is 55.6 Å². The molecule has 0 spiro atoms. The molecule has 10 aromatic rings. The van der Waals surface area contributed by atoms with Gasteiger partial charge in [-0.15, -0.1) is 0 Å². The van der Waals surface area contributed by atoms with E-state index in [1.54, 1.807) is 12.1 Å². The van der Waals surface area contributed by atoms with E-state index < -0.39 is 17.2 Å². The first kappa shape index (κ1) is 45.3. The van der Waals surface area contributed by atoms with Gasteiger partial charge in [0.15, 0.2) is 0 Å². The molecule has 0 saturated heterocycles. The van der Waals surface area contributed by atoms with Crippen LogP contribution in [0.25, 0.3) is 33.4 Å². The number of benzene rings is 10. The van der Waals surface area contributed by atoms with Crippen LogP contribution in [0, 0.1) is 23.7 Å². The molecule has 0 atom stereocenters. The van der Waals surface area contributed by atoms with Gasteiger partial charge >= 0.3 is 0 Å². The van der Waals surface area contributed by atoms with E-state index in [0.29, 0.717) is 33.6 Å². The Kier molecular flexibility index (Phi) is 12.2. The van der Waals surface area contributed by atoms with Crippen molar-refractivity contribution >= 4 is 23.2 Å². The molecule has 0 aromatic heterocycles. The summed E-state index contributed by atoms with van der Waals surface area (Å²) in [6.07, 6.45) is 0. The third-order valence-corrected chi connectivity index (χ3v) is 13.3. The van der Waals surface area contributed by atoms with Gasteiger partial charge in [-0.3, -0.25) is 9.59 Å². The Morgan fingerprint density at radius 1 is 0.342 bits per heavy atom. The van der Waals surface area contributed by atoms with Gasteiger partial charge in [0.05, 0.1) is 27.7 Å². The summed E-state index contributed by atoms with van der Waals surface area (Å²) in [4.78, 5) is 28.2. The van der Waals surface area contributed by atoms with Gasteiger partial charge in [-0.05, 0) is 105 Å². The molecule has 0 saturated carbocycles. The largest absolute Gasteiger partial charge is 0.506 e. The Labute approximate surface area is 424 Å². The van der Waals surface area contributed by atoms with Crippen LogP contribution in [0.15, 0.2) is 243 Å². The molecule has 0 aliphatic heterocycles. The Bertz CT molecular complexity index is 3580. The molecule has 1 aliphatic carbocycles. The number of nitrogens with one attached hydrogen (secondary N) is 2. The molecule has 73 heavy (non-hydrogen) atoms. The standard InChI is InChI=1S/C67H44N2O4/c70-63-57(39-29-45-17-5-1-6-18-45)53(47-21-9-3-10-22-47)41-43-59(63)65(72)68-51-35-31-49(32-36-51)67(61-27-15-13-25-55(61)56-26-14-16-28-62(56)67)50-33-37-52(38-34-50)69-66(73)60-44-42-54(48-23-11-4-12-24-48)58(64(60)71)40-30-46-19-7-2-8-20-46/h1-28,31-38,41-44,70-71H,(H,68,72)(H,69,73). The second kappa shape index (κ2) is 19.7. The van der Waals surface area contributed by atoms with E-state index in [9.17, 15) is 19.8 Å². The molecule has 2 amide bonds. The fraction of sp³-hybridized carbons (Fsp3) is 0.0149. The smallest absolute Gasteiger partial charge is 0.259 e. The molecule has 1 aliphatic rings. The molecule has 0 bridgehead atoms.